The zero-order valence-corrected chi connectivity index (χ0v) is 18.6. The van der Waals surface area contributed by atoms with E-state index in [9.17, 15) is 9.59 Å². The van der Waals surface area contributed by atoms with E-state index in [-0.39, 0.29) is 17.3 Å². The maximum atomic E-state index is 13.3. The molecule has 1 aromatic carbocycles. The fourth-order valence-corrected chi connectivity index (χ4v) is 7.87. The average molecular weight is 422 g/mol. The molecule has 0 radical (unpaired) electrons. The lowest BCUT2D eigenvalue weighted by atomic mass is 9.67. The fraction of sp³-hybridized carbons (Fsp3) is 0.692. The van der Waals surface area contributed by atoms with Gasteiger partial charge in [0.1, 0.15) is 0 Å². The summed E-state index contributed by atoms with van der Waals surface area (Å²) in [7, 11) is 0. The van der Waals surface area contributed by atoms with Crippen molar-refractivity contribution in [1.82, 2.24) is 14.5 Å². The van der Waals surface area contributed by atoms with Crippen molar-refractivity contribution in [3.05, 3.63) is 45.1 Å². The first-order valence-corrected chi connectivity index (χ1v) is 12.6. The Hall–Kier alpha value is -1.88. The molecule has 0 amide bonds. The van der Waals surface area contributed by atoms with Gasteiger partial charge in [0.15, 0.2) is 0 Å². The normalized spacial score (nSPS) is 38.3. The number of aromatic nitrogens is 2. The van der Waals surface area contributed by atoms with E-state index in [0.717, 1.165) is 24.7 Å². The van der Waals surface area contributed by atoms with Crippen LogP contribution in [0.2, 0.25) is 0 Å². The number of para-hydroxylation sites is 1. The Morgan fingerprint density at radius 2 is 1.61 bits per heavy atom. The molecule has 6 rings (SSSR count). The van der Waals surface area contributed by atoms with E-state index >= 15 is 0 Å². The number of rotatable bonds is 2. The molecule has 5 nitrogen and oxygen atoms in total. The summed E-state index contributed by atoms with van der Waals surface area (Å²) in [4.78, 5) is 32.1. The quantitative estimate of drug-likeness (QED) is 0.779. The van der Waals surface area contributed by atoms with Crippen LogP contribution >= 0.6 is 0 Å². The number of hydrogen-bond donors (Lipinski definition) is 1. The largest absolute Gasteiger partial charge is 0.329 e. The number of fused-ring (bicyclic) bond motifs is 5. The second-order valence-electron chi connectivity index (χ2n) is 11.0. The van der Waals surface area contributed by atoms with Crippen LogP contribution in [0.3, 0.4) is 0 Å². The van der Waals surface area contributed by atoms with Crippen molar-refractivity contribution in [2.75, 3.05) is 0 Å². The van der Waals surface area contributed by atoms with E-state index in [2.05, 4.69) is 16.8 Å². The third-order valence-corrected chi connectivity index (χ3v) is 9.20. The Morgan fingerprint density at radius 3 is 2.42 bits per heavy atom. The Bertz CT molecular complexity index is 1080. The van der Waals surface area contributed by atoms with Gasteiger partial charge in [-0.3, -0.25) is 14.3 Å². The molecule has 1 aromatic heterocycles. The van der Waals surface area contributed by atoms with Gasteiger partial charge in [-0.15, -0.1) is 0 Å². The molecule has 2 saturated heterocycles. The highest BCUT2D eigenvalue weighted by molar-refractivity contribution is 5.76. The first-order valence-electron chi connectivity index (χ1n) is 12.6. The molecule has 4 aliphatic rings. The van der Waals surface area contributed by atoms with Crippen LogP contribution in [0.25, 0.3) is 10.9 Å². The van der Waals surface area contributed by atoms with Gasteiger partial charge in [0.05, 0.1) is 10.9 Å². The zero-order valence-electron chi connectivity index (χ0n) is 18.6. The summed E-state index contributed by atoms with van der Waals surface area (Å²) in [5.41, 5.74) is 0.296. The molecule has 4 fully saturated rings. The first-order chi connectivity index (χ1) is 15.1. The van der Waals surface area contributed by atoms with Crippen LogP contribution < -0.4 is 11.2 Å². The lowest BCUT2D eigenvalue weighted by molar-refractivity contribution is -0.0701. The number of hydrogen-bond acceptors (Lipinski definition) is 3. The Balaban J connectivity index is 1.33. The summed E-state index contributed by atoms with van der Waals surface area (Å²) >= 11 is 0. The molecule has 7 atom stereocenters. The van der Waals surface area contributed by atoms with Gasteiger partial charge < -0.3 is 4.98 Å². The van der Waals surface area contributed by atoms with Crippen molar-refractivity contribution in [3.8, 4) is 0 Å². The van der Waals surface area contributed by atoms with E-state index < -0.39 is 0 Å². The summed E-state index contributed by atoms with van der Waals surface area (Å²) < 4.78 is 1.56. The van der Waals surface area contributed by atoms with Crippen LogP contribution in [0.4, 0.5) is 0 Å². The van der Waals surface area contributed by atoms with Crippen molar-refractivity contribution < 1.29 is 0 Å². The van der Waals surface area contributed by atoms with Crippen LogP contribution in [0.5, 0.6) is 0 Å². The topological polar surface area (TPSA) is 58.1 Å². The number of nitrogens with zero attached hydrogens (tertiary/aromatic N) is 2. The smallest absolute Gasteiger partial charge is 0.307 e. The van der Waals surface area contributed by atoms with Crippen LogP contribution in [-0.2, 0) is 0 Å². The molecule has 3 heterocycles. The molecule has 0 spiro atoms. The fourth-order valence-electron chi connectivity index (χ4n) is 7.87. The van der Waals surface area contributed by atoms with Gasteiger partial charge in [-0.25, -0.2) is 4.79 Å². The Morgan fingerprint density at radius 1 is 0.839 bits per heavy atom. The van der Waals surface area contributed by atoms with Gasteiger partial charge in [0.25, 0.3) is 5.56 Å². The Labute approximate surface area is 183 Å². The van der Waals surface area contributed by atoms with E-state index in [4.69, 9.17) is 0 Å². The molecule has 31 heavy (non-hydrogen) atoms. The molecule has 1 N–H and O–H groups in total. The van der Waals surface area contributed by atoms with Crippen LogP contribution in [-0.4, -0.2) is 32.6 Å². The summed E-state index contributed by atoms with van der Waals surface area (Å²) in [6.45, 7) is 2.40. The lowest BCUT2D eigenvalue weighted by Crippen LogP contribution is -2.61. The van der Waals surface area contributed by atoms with Crippen LogP contribution in [0.15, 0.2) is 33.9 Å². The van der Waals surface area contributed by atoms with Crippen molar-refractivity contribution >= 4 is 10.9 Å². The van der Waals surface area contributed by atoms with Crippen molar-refractivity contribution in [1.29, 1.82) is 0 Å². The molecule has 2 aromatic rings. The number of H-pyrrole nitrogens is 1. The highest BCUT2D eigenvalue weighted by Crippen LogP contribution is 2.48. The Kier molecular flexibility index (Phi) is 4.86. The molecule has 2 aliphatic carbocycles. The molecular formula is C26H35N3O2. The van der Waals surface area contributed by atoms with E-state index in [1.165, 1.54) is 51.4 Å². The number of nitrogens with one attached hydrogen (secondary N) is 1. The van der Waals surface area contributed by atoms with Gasteiger partial charge in [0, 0.05) is 24.2 Å². The molecule has 166 valence electrons. The molecular weight excluding hydrogens is 386 g/mol. The predicted octanol–water partition coefficient (Wildman–Crippen LogP) is 4.46. The number of aromatic amines is 1. The van der Waals surface area contributed by atoms with Gasteiger partial charge in [-0.2, -0.15) is 0 Å². The third kappa shape index (κ3) is 3.31. The summed E-state index contributed by atoms with van der Waals surface area (Å²) in [5.74, 6) is 2.49. The molecule has 4 bridgehead atoms. The van der Waals surface area contributed by atoms with E-state index in [1.54, 1.807) is 4.57 Å². The van der Waals surface area contributed by atoms with Gasteiger partial charge in [-0.05, 0) is 74.8 Å². The first kappa shape index (κ1) is 19.8. The minimum Gasteiger partial charge on any atom is -0.307 e. The van der Waals surface area contributed by atoms with Gasteiger partial charge in [0.2, 0.25) is 0 Å². The van der Waals surface area contributed by atoms with E-state index in [0.29, 0.717) is 34.9 Å². The minimum atomic E-state index is -0.236. The third-order valence-electron chi connectivity index (χ3n) is 9.20. The van der Waals surface area contributed by atoms with E-state index in [1.807, 2.05) is 24.3 Å². The monoisotopic (exact) mass is 421 g/mol. The molecule has 2 aliphatic heterocycles. The lowest BCUT2D eigenvalue weighted by Gasteiger charge is -2.57. The standard InChI is InChI=1S/C26H35N3O2/c1-16-9-10-19-14-21(29-25(30)22-7-2-3-8-23(22)27-26(29)31)15-24(16)28(19)20-12-17-5-4-6-18(11-17)13-20/h2-3,7-8,16-21,24H,4-6,9-15H2,1H3,(H,27,31)/t16?,17-,18+,19-,20?,21+,24?/m1/s1. The molecule has 3 unspecified atom stereocenters. The zero-order chi connectivity index (χ0) is 21.1. The van der Waals surface area contributed by atoms with Crippen LogP contribution in [0, 0.1) is 17.8 Å². The predicted molar refractivity (Wildman–Crippen MR) is 123 cm³/mol. The second-order valence-corrected chi connectivity index (χ2v) is 11.0. The van der Waals surface area contributed by atoms with Crippen molar-refractivity contribution in [3.63, 3.8) is 0 Å². The number of benzene rings is 1. The SMILES string of the molecule is CC1CC[C@@H]2C[C@H](n3c(=O)[nH]c4ccccc4c3=O)CC1N2C1C[C@H]2CCC[C@@H](C1)C2. The average Bonchev–Trinajstić information content (AvgIpc) is 2.76. The maximum absolute atomic E-state index is 13.3. The van der Waals surface area contributed by atoms with Gasteiger partial charge >= 0.3 is 5.69 Å². The highest BCUT2D eigenvalue weighted by Gasteiger charge is 2.47. The van der Waals surface area contributed by atoms with Gasteiger partial charge in [-0.1, -0.05) is 38.3 Å². The minimum absolute atomic E-state index is 0.0120. The molecule has 5 heteroatoms. The van der Waals surface area contributed by atoms with Crippen molar-refractivity contribution in [2.45, 2.75) is 95.3 Å². The molecule has 2 saturated carbocycles. The highest BCUT2D eigenvalue weighted by atomic mass is 16.2. The summed E-state index contributed by atoms with van der Waals surface area (Å²) in [5, 5.41) is 0.628. The maximum Gasteiger partial charge on any atom is 0.329 e. The van der Waals surface area contributed by atoms with Crippen molar-refractivity contribution in [2.24, 2.45) is 17.8 Å². The second kappa shape index (κ2) is 7.61. The summed E-state index contributed by atoms with van der Waals surface area (Å²) in [6.07, 6.45) is 12.9. The number of piperidine rings is 2. The van der Waals surface area contributed by atoms with Crippen LogP contribution in [0.1, 0.15) is 77.2 Å². The summed E-state index contributed by atoms with van der Waals surface area (Å²) in [6, 6.07) is 9.15.